The highest BCUT2D eigenvalue weighted by Crippen LogP contribution is 2.31. The molecule has 0 radical (unpaired) electrons. The fraction of sp³-hybridized carbons (Fsp3) is 0.450. The number of halogens is 3. The van der Waals surface area contributed by atoms with E-state index < -0.39 is 6.30 Å². The molecule has 0 bridgehead atoms. The normalized spacial score (nSPS) is 12.4. The molecule has 0 aliphatic carbocycles. The smallest absolute Gasteiger partial charge is 0.493 e. The van der Waals surface area contributed by atoms with Gasteiger partial charge in [-0.3, -0.25) is 4.79 Å². The average Bonchev–Trinajstić information content (AvgIpc) is 3.18. The van der Waals surface area contributed by atoms with Crippen LogP contribution in [0.15, 0.2) is 24.5 Å². The summed E-state index contributed by atoms with van der Waals surface area (Å²) < 4.78 is 45.6. The lowest BCUT2D eigenvalue weighted by molar-refractivity contribution is -0.212. The molecule has 1 amide bonds. The first-order chi connectivity index (χ1) is 13.9. The Balaban J connectivity index is 1.93. The third-order valence-electron chi connectivity index (χ3n) is 4.46. The number of hydrogen-bond donors (Lipinski definition) is 1. The molecule has 10 heteroatoms. The Morgan fingerprint density at radius 3 is 2.50 bits per heavy atom. The predicted molar refractivity (Wildman–Crippen MR) is 106 cm³/mol. The fourth-order valence-electron chi connectivity index (χ4n) is 3.16. The van der Waals surface area contributed by atoms with Crippen molar-refractivity contribution in [1.29, 1.82) is 0 Å². The Morgan fingerprint density at radius 1 is 1.23 bits per heavy atom. The average molecular weight is 423 g/mol. The summed E-state index contributed by atoms with van der Waals surface area (Å²) in [7, 11) is 1.47. The highest BCUT2D eigenvalue weighted by Gasteiger charge is 2.31. The zero-order chi connectivity index (χ0) is 22.3. The summed E-state index contributed by atoms with van der Waals surface area (Å²) in [5.41, 5.74) is 2.30. The summed E-state index contributed by atoms with van der Waals surface area (Å²) in [5.74, 6) is 0.500. The van der Waals surface area contributed by atoms with Gasteiger partial charge in [-0.05, 0) is 18.4 Å². The SMILES string of the molecule is COc1cc2c(cc(C)n2Cc2cnn(C(F)(F)F)c2)nc1NC(=O)CC(C)(C)C. The Kier molecular flexibility index (Phi) is 5.53. The number of rotatable bonds is 5. The van der Waals surface area contributed by atoms with Gasteiger partial charge in [-0.15, -0.1) is 13.2 Å². The van der Waals surface area contributed by atoms with Crippen LogP contribution in [0, 0.1) is 12.3 Å². The monoisotopic (exact) mass is 423 g/mol. The van der Waals surface area contributed by atoms with Gasteiger partial charge in [0.05, 0.1) is 30.9 Å². The molecular weight excluding hydrogens is 399 g/mol. The van der Waals surface area contributed by atoms with E-state index in [-0.39, 0.29) is 22.5 Å². The molecule has 1 N–H and O–H groups in total. The lowest BCUT2D eigenvalue weighted by atomic mass is 9.92. The number of amides is 1. The van der Waals surface area contributed by atoms with E-state index in [1.807, 2.05) is 38.3 Å². The maximum absolute atomic E-state index is 12.8. The van der Waals surface area contributed by atoms with Gasteiger partial charge in [0.1, 0.15) is 0 Å². The second kappa shape index (κ2) is 7.66. The maximum atomic E-state index is 12.8. The van der Waals surface area contributed by atoms with Gasteiger partial charge in [0.25, 0.3) is 0 Å². The number of anilines is 1. The molecule has 0 saturated heterocycles. The Labute approximate surface area is 171 Å². The van der Waals surface area contributed by atoms with Crippen LogP contribution >= 0.6 is 0 Å². The van der Waals surface area contributed by atoms with Gasteiger partial charge >= 0.3 is 6.30 Å². The van der Waals surface area contributed by atoms with Crippen LogP contribution in [0.2, 0.25) is 0 Å². The van der Waals surface area contributed by atoms with Crippen LogP contribution < -0.4 is 10.1 Å². The number of hydrogen-bond acceptors (Lipinski definition) is 4. The molecule has 7 nitrogen and oxygen atoms in total. The van der Waals surface area contributed by atoms with E-state index in [4.69, 9.17) is 4.74 Å². The predicted octanol–water partition coefficient (Wildman–Crippen LogP) is 4.45. The summed E-state index contributed by atoms with van der Waals surface area (Å²) in [6.07, 6.45) is -2.10. The molecular formula is C20H24F3N5O2. The highest BCUT2D eigenvalue weighted by molar-refractivity contribution is 5.93. The zero-order valence-electron chi connectivity index (χ0n) is 17.5. The van der Waals surface area contributed by atoms with Gasteiger partial charge in [-0.2, -0.15) is 9.78 Å². The Morgan fingerprint density at radius 2 is 1.93 bits per heavy atom. The molecule has 30 heavy (non-hydrogen) atoms. The van der Waals surface area contributed by atoms with Crippen molar-refractivity contribution in [3.63, 3.8) is 0 Å². The number of methoxy groups -OCH3 is 1. The number of nitrogens with zero attached hydrogens (tertiary/aromatic N) is 4. The summed E-state index contributed by atoms with van der Waals surface area (Å²) in [4.78, 5) is 16.8. The summed E-state index contributed by atoms with van der Waals surface area (Å²) in [5, 5.41) is 6.16. The quantitative estimate of drug-likeness (QED) is 0.658. The molecule has 0 aliphatic rings. The Hall–Kier alpha value is -3.04. The molecule has 0 aliphatic heterocycles. The van der Waals surface area contributed by atoms with Gasteiger partial charge in [-0.1, -0.05) is 20.8 Å². The largest absolute Gasteiger partial charge is 0.504 e. The van der Waals surface area contributed by atoms with Crippen LogP contribution in [-0.2, 0) is 17.6 Å². The number of fused-ring (bicyclic) bond motifs is 1. The van der Waals surface area contributed by atoms with Gasteiger partial charge in [0, 0.05) is 29.9 Å². The van der Waals surface area contributed by atoms with Crippen LogP contribution in [-0.4, -0.2) is 32.3 Å². The van der Waals surface area contributed by atoms with E-state index >= 15 is 0 Å². The van der Waals surface area contributed by atoms with Crippen molar-refractivity contribution >= 4 is 22.8 Å². The van der Waals surface area contributed by atoms with Crippen molar-refractivity contribution in [2.24, 2.45) is 5.41 Å². The lowest BCUT2D eigenvalue weighted by Crippen LogP contribution is -2.20. The highest BCUT2D eigenvalue weighted by atomic mass is 19.4. The van der Waals surface area contributed by atoms with Crippen LogP contribution in [0.5, 0.6) is 5.75 Å². The van der Waals surface area contributed by atoms with Crippen molar-refractivity contribution in [2.75, 3.05) is 12.4 Å². The number of carbonyl (C=O) groups is 1. The third kappa shape index (κ3) is 4.74. The van der Waals surface area contributed by atoms with Crippen LogP contribution in [0.4, 0.5) is 19.0 Å². The fourth-order valence-corrected chi connectivity index (χ4v) is 3.16. The molecule has 3 aromatic rings. The zero-order valence-corrected chi connectivity index (χ0v) is 17.5. The van der Waals surface area contributed by atoms with E-state index in [9.17, 15) is 18.0 Å². The number of aryl methyl sites for hydroxylation is 1. The van der Waals surface area contributed by atoms with E-state index in [2.05, 4.69) is 15.4 Å². The van der Waals surface area contributed by atoms with Crippen molar-refractivity contribution in [3.8, 4) is 5.75 Å². The minimum Gasteiger partial charge on any atom is -0.493 e. The van der Waals surface area contributed by atoms with Gasteiger partial charge < -0.3 is 14.6 Å². The first-order valence-corrected chi connectivity index (χ1v) is 9.33. The van der Waals surface area contributed by atoms with Crippen molar-refractivity contribution in [3.05, 3.63) is 35.8 Å². The first kappa shape index (κ1) is 21.7. The third-order valence-corrected chi connectivity index (χ3v) is 4.46. The van der Waals surface area contributed by atoms with Gasteiger partial charge in [-0.25, -0.2) is 4.98 Å². The summed E-state index contributed by atoms with van der Waals surface area (Å²) in [6.45, 7) is 7.91. The minimum atomic E-state index is -4.56. The van der Waals surface area contributed by atoms with E-state index in [0.29, 0.717) is 34.6 Å². The number of carbonyl (C=O) groups excluding carboxylic acids is 1. The van der Waals surface area contributed by atoms with Crippen molar-refractivity contribution < 1.29 is 22.7 Å². The van der Waals surface area contributed by atoms with Crippen LogP contribution in [0.3, 0.4) is 0 Å². The first-order valence-electron chi connectivity index (χ1n) is 9.33. The molecule has 3 rings (SSSR count). The number of alkyl halides is 3. The topological polar surface area (TPSA) is 74.0 Å². The van der Waals surface area contributed by atoms with Crippen molar-refractivity contribution in [2.45, 2.75) is 47.0 Å². The molecule has 3 aromatic heterocycles. The lowest BCUT2D eigenvalue weighted by Gasteiger charge is -2.18. The second-order valence-electron chi connectivity index (χ2n) is 8.36. The summed E-state index contributed by atoms with van der Waals surface area (Å²) >= 11 is 0. The van der Waals surface area contributed by atoms with Crippen molar-refractivity contribution in [1.82, 2.24) is 19.3 Å². The molecule has 3 heterocycles. The minimum absolute atomic E-state index is 0.0228. The van der Waals surface area contributed by atoms with Crippen LogP contribution in [0.25, 0.3) is 11.0 Å². The summed E-state index contributed by atoms with van der Waals surface area (Å²) in [6, 6.07) is 3.53. The molecule has 0 atom stereocenters. The molecule has 0 fully saturated rings. The number of nitrogens with one attached hydrogen (secondary N) is 1. The van der Waals surface area contributed by atoms with Gasteiger partial charge in [0.15, 0.2) is 11.6 Å². The standard InChI is InChI=1S/C20H24F3N5O2/c1-12-6-14-15(27(12)10-13-9-24-28(11-13)20(21,22)23)7-16(30-5)18(25-14)26-17(29)8-19(2,3)4/h6-7,9,11H,8,10H2,1-5H3,(H,25,26,29). The molecule has 162 valence electrons. The molecule has 0 spiro atoms. The molecule has 0 saturated carbocycles. The molecule has 0 aromatic carbocycles. The Bertz CT molecular complexity index is 1080. The molecule has 0 unspecified atom stereocenters. The van der Waals surface area contributed by atoms with Crippen LogP contribution in [0.1, 0.15) is 38.4 Å². The second-order valence-corrected chi connectivity index (χ2v) is 8.36. The van der Waals surface area contributed by atoms with E-state index in [1.54, 1.807) is 6.07 Å². The number of pyridine rings is 1. The number of aromatic nitrogens is 4. The van der Waals surface area contributed by atoms with E-state index in [0.717, 1.165) is 11.9 Å². The number of ether oxygens (including phenoxy) is 1. The van der Waals surface area contributed by atoms with E-state index in [1.165, 1.54) is 13.3 Å². The maximum Gasteiger partial charge on any atom is 0.504 e. The van der Waals surface area contributed by atoms with Gasteiger partial charge in [0.2, 0.25) is 5.91 Å².